The van der Waals surface area contributed by atoms with Crippen molar-refractivity contribution >= 4 is 22.0 Å². The van der Waals surface area contributed by atoms with Gasteiger partial charge in [0, 0.05) is 10.0 Å². The van der Waals surface area contributed by atoms with Gasteiger partial charge in [-0.25, -0.2) is 14.2 Å². The second kappa shape index (κ2) is 4.16. The minimum absolute atomic E-state index is 0.0777. The van der Waals surface area contributed by atoms with Gasteiger partial charge in [-0.2, -0.15) is 0 Å². The van der Waals surface area contributed by atoms with Crippen LogP contribution in [0.25, 0.3) is 0 Å². The van der Waals surface area contributed by atoms with Gasteiger partial charge in [0.05, 0.1) is 6.54 Å². The first-order chi connectivity index (χ1) is 6.15. The number of nitrogens with zero attached hydrogens (tertiary/aromatic N) is 1. The molecule has 1 aromatic rings. The van der Waals surface area contributed by atoms with Crippen molar-refractivity contribution in [1.82, 2.24) is 0 Å². The molecule has 1 rings (SSSR count). The molecular formula is C8H5BrFNO2. The highest BCUT2D eigenvalue weighted by Gasteiger charge is 2.07. The van der Waals surface area contributed by atoms with Crippen LogP contribution in [0.3, 0.4) is 0 Å². The third kappa shape index (κ3) is 2.37. The van der Waals surface area contributed by atoms with Gasteiger partial charge < -0.3 is 5.11 Å². The van der Waals surface area contributed by atoms with E-state index in [2.05, 4.69) is 20.9 Å². The summed E-state index contributed by atoms with van der Waals surface area (Å²) >= 11 is 3.05. The van der Waals surface area contributed by atoms with Crippen LogP contribution in [0.2, 0.25) is 0 Å². The molecule has 0 spiro atoms. The summed E-state index contributed by atoms with van der Waals surface area (Å²) in [5.74, 6) is -1.23. The Hall–Kier alpha value is -1.19. The maximum absolute atomic E-state index is 12.8. The number of rotatable bonds is 2. The zero-order chi connectivity index (χ0) is 9.84. The van der Waals surface area contributed by atoms with Gasteiger partial charge in [-0.15, -0.1) is 0 Å². The van der Waals surface area contributed by atoms with Gasteiger partial charge in [0.1, 0.15) is 0 Å². The molecule has 0 aliphatic carbocycles. The third-order valence-corrected chi connectivity index (χ3v) is 1.88. The fourth-order valence-electron chi connectivity index (χ4n) is 0.857. The van der Waals surface area contributed by atoms with Crippen LogP contribution >= 0.6 is 15.9 Å². The lowest BCUT2D eigenvalue weighted by Gasteiger charge is -2.02. The van der Waals surface area contributed by atoms with E-state index >= 15 is 0 Å². The Labute approximate surface area is 82.0 Å². The molecule has 0 bridgehead atoms. The molecule has 0 saturated heterocycles. The van der Waals surface area contributed by atoms with E-state index in [4.69, 9.17) is 5.11 Å². The molecule has 0 amide bonds. The molecule has 5 heteroatoms. The van der Waals surface area contributed by atoms with Crippen molar-refractivity contribution in [2.45, 2.75) is 6.54 Å². The maximum Gasteiger partial charge on any atom is 0.235 e. The minimum Gasteiger partial charge on any atom is -0.505 e. The molecule has 0 atom stereocenters. The molecule has 3 nitrogen and oxygen atoms in total. The number of phenolic OH excluding ortho intramolecular Hbond substituents is 1. The van der Waals surface area contributed by atoms with Gasteiger partial charge in [0.25, 0.3) is 0 Å². The average Bonchev–Trinajstić information content (AvgIpc) is 2.09. The zero-order valence-electron chi connectivity index (χ0n) is 6.42. The molecule has 0 aliphatic rings. The van der Waals surface area contributed by atoms with E-state index in [1.54, 1.807) is 0 Å². The van der Waals surface area contributed by atoms with E-state index < -0.39 is 11.6 Å². The Bertz CT molecular complexity index is 375. The van der Waals surface area contributed by atoms with E-state index in [9.17, 15) is 9.18 Å². The monoisotopic (exact) mass is 245 g/mol. The molecule has 68 valence electrons. The summed E-state index contributed by atoms with van der Waals surface area (Å²) in [7, 11) is 0. The van der Waals surface area contributed by atoms with Crippen molar-refractivity contribution in [3.63, 3.8) is 0 Å². The van der Waals surface area contributed by atoms with E-state index in [1.165, 1.54) is 12.1 Å². The van der Waals surface area contributed by atoms with Crippen molar-refractivity contribution in [2.24, 2.45) is 4.99 Å². The number of aromatic hydroxyl groups is 1. The SMILES string of the molecule is O=C=NCc1cc(Br)cc(F)c1O. The molecule has 0 heterocycles. The number of benzene rings is 1. The number of carbonyl (C=O) groups excluding carboxylic acids is 1. The lowest BCUT2D eigenvalue weighted by atomic mass is 10.2. The van der Waals surface area contributed by atoms with Gasteiger partial charge >= 0.3 is 0 Å². The highest BCUT2D eigenvalue weighted by Crippen LogP contribution is 2.26. The van der Waals surface area contributed by atoms with Crippen LogP contribution in [-0.4, -0.2) is 11.2 Å². The van der Waals surface area contributed by atoms with Gasteiger partial charge in [-0.3, -0.25) is 0 Å². The molecular weight excluding hydrogens is 241 g/mol. The largest absolute Gasteiger partial charge is 0.505 e. The van der Waals surface area contributed by atoms with Gasteiger partial charge in [-0.1, -0.05) is 15.9 Å². The van der Waals surface area contributed by atoms with Crippen LogP contribution in [0.4, 0.5) is 4.39 Å². The summed E-state index contributed by atoms with van der Waals surface area (Å²) in [5, 5.41) is 9.16. The molecule has 0 saturated carbocycles. The van der Waals surface area contributed by atoms with Crippen LogP contribution in [0.15, 0.2) is 21.6 Å². The molecule has 0 fully saturated rings. The van der Waals surface area contributed by atoms with Crippen molar-refractivity contribution in [3.05, 3.63) is 28.0 Å². The van der Waals surface area contributed by atoms with E-state index in [-0.39, 0.29) is 12.1 Å². The van der Waals surface area contributed by atoms with E-state index in [0.717, 1.165) is 6.07 Å². The Morgan fingerprint density at radius 1 is 1.62 bits per heavy atom. The average molecular weight is 246 g/mol. The number of aliphatic imine (C=N–C) groups is 1. The summed E-state index contributed by atoms with van der Waals surface area (Å²) in [4.78, 5) is 13.0. The predicted octanol–water partition coefficient (Wildman–Crippen LogP) is 2.13. The molecule has 1 aromatic carbocycles. The molecule has 13 heavy (non-hydrogen) atoms. The Morgan fingerprint density at radius 2 is 2.31 bits per heavy atom. The van der Waals surface area contributed by atoms with Crippen LogP contribution in [0.5, 0.6) is 5.75 Å². The van der Waals surface area contributed by atoms with E-state index in [1.807, 2.05) is 0 Å². The molecule has 0 aliphatic heterocycles. The summed E-state index contributed by atoms with van der Waals surface area (Å²) in [5.41, 5.74) is 0.246. The Kier molecular flexibility index (Phi) is 3.17. The van der Waals surface area contributed by atoms with Crippen LogP contribution < -0.4 is 0 Å². The van der Waals surface area contributed by atoms with Crippen molar-refractivity contribution in [3.8, 4) is 5.75 Å². The number of phenols is 1. The second-order valence-corrected chi connectivity index (χ2v) is 3.22. The number of halogens is 2. The number of isocyanates is 1. The minimum atomic E-state index is -0.745. The highest BCUT2D eigenvalue weighted by atomic mass is 79.9. The summed E-state index contributed by atoms with van der Waals surface area (Å²) in [6, 6.07) is 2.61. The standard InChI is InChI=1S/C8H5BrFNO2/c9-6-1-5(3-11-4-12)8(13)7(10)2-6/h1-2,13H,3H2. The fourth-order valence-corrected chi connectivity index (χ4v) is 1.33. The maximum atomic E-state index is 12.8. The lowest BCUT2D eigenvalue weighted by molar-refractivity contribution is 0.425. The van der Waals surface area contributed by atoms with Gasteiger partial charge in [0.2, 0.25) is 6.08 Å². The highest BCUT2D eigenvalue weighted by molar-refractivity contribution is 9.10. The normalized spacial score (nSPS) is 9.38. The molecule has 0 aromatic heterocycles. The van der Waals surface area contributed by atoms with Crippen molar-refractivity contribution in [1.29, 1.82) is 0 Å². The van der Waals surface area contributed by atoms with Crippen molar-refractivity contribution < 1.29 is 14.3 Å². The first-order valence-corrected chi connectivity index (χ1v) is 4.15. The summed E-state index contributed by atoms with van der Waals surface area (Å²) in [6.07, 6.45) is 1.31. The topological polar surface area (TPSA) is 49.7 Å². The van der Waals surface area contributed by atoms with Crippen LogP contribution in [0, 0.1) is 5.82 Å². The third-order valence-electron chi connectivity index (χ3n) is 1.42. The Morgan fingerprint density at radius 3 is 2.92 bits per heavy atom. The van der Waals surface area contributed by atoms with Crippen LogP contribution in [0.1, 0.15) is 5.56 Å². The van der Waals surface area contributed by atoms with Crippen molar-refractivity contribution in [2.75, 3.05) is 0 Å². The van der Waals surface area contributed by atoms with Gasteiger partial charge in [0.15, 0.2) is 11.6 Å². The number of hydrogen-bond acceptors (Lipinski definition) is 3. The predicted molar refractivity (Wildman–Crippen MR) is 47.6 cm³/mol. The fraction of sp³-hybridized carbons (Fsp3) is 0.125. The molecule has 1 N–H and O–H groups in total. The van der Waals surface area contributed by atoms with Gasteiger partial charge in [-0.05, 0) is 12.1 Å². The zero-order valence-corrected chi connectivity index (χ0v) is 8.01. The molecule has 0 unspecified atom stereocenters. The van der Waals surface area contributed by atoms with E-state index in [0.29, 0.717) is 4.47 Å². The second-order valence-electron chi connectivity index (χ2n) is 2.30. The first-order valence-electron chi connectivity index (χ1n) is 3.35. The lowest BCUT2D eigenvalue weighted by Crippen LogP contribution is -1.87. The molecule has 0 radical (unpaired) electrons. The first kappa shape index (κ1) is 9.89. The smallest absolute Gasteiger partial charge is 0.235 e. The van der Waals surface area contributed by atoms with Crippen LogP contribution in [-0.2, 0) is 11.3 Å². The Balaban J connectivity index is 3.12. The number of hydrogen-bond donors (Lipinski definition) is 1. The summed E-state index contributed by atoms with van der Waals surface area (Å²) in [6.45, 7) is -0.0777. The summed E-state index contributed by atoms with van der Waals surface area (Å²) < 4.78 is 13.3. The quantitative estimate of drug-likeness (QED) is 0.641.